The number of carbonyl (C=O) groups is 1. The summed E-state index contributed by atoms with van der Waals surface area (Å²) < 4.78 is 0. The number of rotatable bonds is 2. The molecule has 0 atom stereocenters. The number of hydrogen-bond acceptors (Lipinski definition) is 2. The summed E-state index contributed by atoms with van der Waals surface area (Å²) in [6.45, 7) is 5.26. The van der Waals surface area contributed by atoms with Crippen LogP contribution in [0.4, 0.5) is 4.79 Å². The van der Waals surface area contributed by atoms with Crippen LogP contribution in [0.3, 0.4) is 0 Å². The van der Waals surface area contributed by atoms with Crippen LogP contribution in [-0.4, -0.2) is 23.2 Å². The first-order chi connectivity index (χ1) is 3.72. The smallest absolute Gasteiger partial charge is 0.101 e. The van der Waals surface area contributed by atoms with Gasteiger partial charge in [-0.2, -0.15) is 0 Å². The van der Waals surface area contributed by atoms with Gasteiger partial charge in [-0.05, 0) is 13.8 Å². The molecule has 0 bridgehead atoms. The van der Waals surface area contributed by atoms with Crippen molar-refractivity contribution in [1.29, 1.82) is 0 Å². The molecule has 0 aliphatic heterocycles. The van der Waals surface area contributed by atoms with Gasteiger partial charge in [0, 0.05) is 13.1 Å². The lowest BCUT2D eigenvalue weighted by Crippen LogP contribution is -2.26. The molecule has 0 unspecified atom stereocenters. The van der Waals surface area contributed by atoms with Gasteiger partial charge in [0.05, 0.1) is 0 Å². The van der Waals surface area contributed by atoms with Crippen molar-refractivity contribution in [2.45, 2.75) is 13.8 Å². The highest BCUT2D eigenvalue weighted by molar-refractivity contribution is 7.76. The van der Waals surface area contributed by atoms with Gasteiger partial charge in [0.15, 0.2) is 0 Å². The Morgan fingerprint density at radius 1 is 1.50 bits per heavy atom. The molecular formula is C5H10NOS-. The van der Waals surface area contributed by atoms with Crippen LogP contribution in [0.5, 0.6) is 0 Å². The Balaban J connectivity index is 3.52. The van der Waals surface area contributed by atoms with Crippen LogP contribution in [0.15, 0.2) is 0 Å². The molecule has 0 spiro atoms. The second-order valence-electron chi connectivity index (χ2n) is 1.44. The van der Waals surface area contributed by atoms with Crippen molar-refractivity contribution in [1.82, 2.24) is 4.90 Å². The van der Waals surface area contributed by atoms with Crippen molar-refractivity contribution in [3.8, 4) is 0 Å². The summed E-state index contributed by atoms with van der Waals surface area (Å²) in [6.07, 6.45) is 0. The van der Waals surface area contributed by atoms with E-state index in [1.165, 1.54) is 0 Å². The lowest BCUT2D eigenvalue weighted by atomic mass is 10.6. The van der Waals surface area contributed by atoms with Crippen molar-refractivity contribution < 1.29 is 4.79 Å². The fourth-order valence-electron chi connectivity index (χ4n) is 0.482. The molecular weight excluding hydrogens is 122 g/mol. The van der Waals surface area contributed by atoms with Crippen LogP contribution in [0.1, 0.15) is 13.8 Å². The molecule has 1 amide bonds. The van der Waals surface area contributed by atoms with E-state index in [1.54, 1.807) is 4.90 Å². The Hall–Kier alpha value is -0.310. The lowest BCUT2D eigenvalue weighted by molar-refractivity contribution is 0.228. The minimum absolute atomic E-state index is 0.255. The number of carbonyl (C=O) groups excluding carboxylic acids is 1. The zero-order chi connectivity index (χ0) is 6.57. The number of nitrogens with zero attached hydrogens (tertiary/aromatic N) is 1. The van der Waals surface area contributed by atoms with E-state index in [0.717, 1.165) is 13.1 Å². The van der Waals surface area contributed by atoms with E-state index in [4.69, 9.17) is 0 Å². The Morgan fingerprint density at radius 2 is 1.88 bits per heavy atom. The molecule has 0 aromatic heterocycles. The summed E-state index contributed by atoms with van der Waals surface area (Å²) in [5.41, 5.74) is 0. The van der Waals surface area contributed by atoms with Crippen molar-refractivity contribution in [3.05, 3.63) is 0 Å². The summed E-state index contributed by atoms with van der Waals surface area (Å²) >= 11 is 4.39. The molecule has 0 saturated heterocycles. The minimum atomic E-state index is -0.255. The highest BCUT2D eigenvalue weighted by Crippen LogP contribution is 1.86. The molecule has 0 aromatic rings. The fourth-order valence-corrected chi connectivity index (χ4v) is 0.740. The van der Waals surface area contributed by atoms with Crippen LogP contribution >= 0.6 is 0 Å². The maximum absolute atomic E-state index is 10.3. The van der Waals surface area contributed by atoms with Crippen LogP contribution in [0, 0.1) is 0 Å². The first-order valence-electron chi connectivity index (χ1n) is 2.68. The Bertz CT molecular complexity index is 80.5. The van der Waals surface area contributed by atoms with E-state index in [1.807, 2.05) is 13.8 Å². The van der Waals surface area contributed by atoms with Crippen LogP contribution in [-0.2, 0) is 12.6 Å². The Kier molecular flexibility index (Phi) is 3.52. The van der Waals surface area contributed by atoms with Gasteiger partial charge >= 0.3 is 0 Å². The van der Waals surface area contributed by atoms with Gasteiger partial charge in [-0.1, -0.05) is 0 Å². The maximum Gasteiger partial charge on any atom is 0.101 e. The third kappa shape index (κ3) is 2.12. The van der Waals surface area contributed by atoms with Gasteiger partial charge in [-0.3, -0.25) is 0 Å². The first-order valence-corrected chi connectivity index (χ1v) is 3.09. The molecule has 0 N–H and O–H groups in total. The van der Waals surface area contributed by atoms with Crippen molar-refractivity contribution in [2.75, 3.05) is 13.1 Å². The zero-order valence-corrected chi connectivity index (χ0v) is 5.99. The van der Waals surface area contributed by atoms with E-state index in [9.17, 15) is 4.79 Å². The molecule has 0 rings (SSSR count). The number of amides is 1. The third-order valence-electron chi connectivity index (χ3n) is 1.02. The standard InChI is InChI=1S/C5H11NOS/c1-3-6(4-2)5(7)8/h3-4H2,1-2H3,(H,7,8)/p-1. The van der Waals surface area contributed by atoms with Crippen LogP contribution in [0.25, 0.3) is 0 Å². The zero-order valence-electron chi connectivity index (χ0n) is 5.18. The van der Waals surface area contributed by atoms with E-state index < -0.39 is 0 Å². The topological polar surface area (TPSA) is 20.3 Å². The molecule has 2 nitrogen and oxygen atoms in total. The van der Waals surface area contributed by atoms with Crippen molar-refractivity contribution in [3.63, 3.8) is 0 Å². The van der Waals surface area contributed by atoms with E-state index in [0.29, 0.717) is 0 Å². The quantitative estimate of drug-likeness (QED) is 0.522. The second kappa shape index (κ2) is 3.66. The van der Waals surface area contributed by atoms with Gasteiger partial charge < -0.3 is 22.3 Å². The van der Waals surface area contributed by atoms with Crippen molar-refractivity contribution >= 4 is 17.9 Å². The predicted molar refractivity (Wildman–Crippen MR) is 35.7 cm³/mol. The average molecular weight is 132 g/mol. The lowest BCUT2D eigenvalue weighted by Gasteiger charge is -2.21. The third-order valence-corrected chi connectivity index (χ3v) is 1.28. The second-order valence-corrected chi connectivity index (χ2v) is 1.79. The highest BCUT2D eigenvalue weighted by atomic mass is 32.1. The highest BCUT2D eigenvalue weighted by Gasteiger charge is 1.92. The van der Waals surface area contributed by atoms with Crippen LogP contribution in [0.2, 0.25) is 0 Å². The Labute approximate surface area is 55.3 Å². The van der Waals surface area contributed by atoms with Gasteiger partial charge in [0.1, 0.15) is 5.24 Å². The molecule has 0 saturated carbocycles. The van der Waals surface area contributed by atoms with Gasteiger partial charge in [0.25, 0.3) is 0 Å². The molecule has 0 radical (unpaired) electrons. The predicted octanol–water partition coefficient (Wildman–Crippen LogP) is 0.995. The summed E-state index contributed by atoms with van der Waals surface area (Å²) in [7, 11) is 0. The van der Waals surface area contributed by atoms with Crippen molar-refractivity contribution in [2.24, 2.45) is 0 Å². The largest absolute Gasteiger partial charge is 0.719 e. The summed E-state index contributed by atoms with van der Waals surface area (Å²) in [6, 6.07) is 0. The first kappa shape index (κ1) is 7.69. The van der Waals surface area contributed by atoms with Crippen LogP contribution < -0.4 is 0 Å². The molecule has 0 heterocycles. The SMILES string of the molecule is CCN(CC)C(=O)[S-]. The monoisotopic (exact) mass is 132 g/mol. The van der Waals surface area contributed by atoms with E-state index >= 15 is 0 Å². The minimum Gasteiger partial charge on any atom is -0.719 e. The maximum atomic E-state index is 10.3. The average Bonchev–Trinajstić information content (AvgIpc) is 1.69. The van der Waals surface area contributed by atoms with Gasteiger partial charge in [0.2, 0.25) is 0 Å². The molecule has 0 aliphatic carbocycles. The Morgan fingerprint density at radius 3 is 1.88 bits per heavy atom. The molecule has 3 heteroatoms. The summed E-state index contributed by atoms with van der Waals surface area (Å²) in [5, 5.41) is -0.255. The normalized spacial score (nSPS) is 8.75. The van der Waals surface area contributed by atoms with Gasteiger partial charge in [-0.15, -0.1) is 0 Å². The molecule has 0 aliphatic rings. The molecule has 8 heavy (non-hydrogen) atoms. The van der Waals surface area contributed by atoms with E-state index in [-0.39, 0.29) is 5.24 Å². The molecule has 0 aromatic carbocycles. The molecule has 0 fully saturated rings. The molecule has 48 valence electrons. The summed E-state index contributed by atoms with van der Waals surface area (Å²) in [4.78, 5) is 11.9. The van der Waals surface area contributed by atoms with Gasteiger partial charge in [-0.25, -0.2) is 0 Å². The fraction of sp³-hybridized carbons (Fsp3) is 0.800. The van der Waals surface area contributed by atoms with E-state index in [2.05, 4.69) is 12.6 Å². The number of hydrogen-bond donors (Lipinski definition) is 0. The summed E-state index contributed by atoms with van der Waals surface area (Å²) in [5.74, 6) is 0.